The van der Waals surface area contributed by atoms with Crippen molar-refractivity contribution >= 4 is 21.9 Å². The van der Waals surface area contributed by atoms with Crippen molar-refractivity contribution in [2.75, 3.05) is 25.9 Å². The molecular formula is C17H24N2O5S. The van der Waals surface area contributed by atoms with Gasteiger partial charge in [0.1, 0.15) is 0 Å². The van der Waals surface area contributed by atoms with E-state index in [2.05, 4.69) is 0 Å². The zero-order valence-corrected chi connectivity index (χ0v) is 15.3. The molecule has 1 amide bonds. The summed E-state index contributed by atoms with van der Waals surface area (Å²) in [4.78, 5) is 25.0. The zero-order valence-electron chi connectivity index (χ0n) is 14.5. The number of sulfonamides is 1. The quantitative estimate of drug-likeness (QED) is 0.819. The highest BCUT2D eigenvalue weighted by Gasteiger charge is 2.31. The predicted molar refractivity (Wildman–Crippen MR) is 93.6 cm³/mol. The number of aromatic carboxylic acids is 1. The summed E-state index contributed by atoms with van der Waals surface area (Å²) in [6.45, 7) is 2.78. The molecule has 1 N–H and O–H groups in total. The Balaban J connectivity index is 1.91. The number of hydrogen-bond acceptors (Lipinski definition) is 4. The van der Waals surface area contributed by atoms with Crippen LogP contribution in [0.25, 0.3) is 0 Å². The van der Waals surface area contributed by atoms with Crippen molar-refractivity contribution < 1.29 is 23.1 Å². The van der Waals surface area contributed by atoms with Gasteiger partial charge in [-0.15, -0.1) is 0 Å². The van der Waals surface area contributed by atoms with E-state index in [4.69, 9.17) is 5.11 Å². The van der Waals surface area contributed by atoms with E-state index in [9.17, 15) is 18.0 Å². The van der Waals surface area contributed by atoms with Gasteiger partial charge < -0.3 is 10.0 Å². The molecule has 1 aromatic carbocycles. The minimum Gasteiger partial charge on any atom is -0.478 e. The van der Waals surface area contributed by atoms with Gasteiger partial charge in [0, 0.05) is 32.6 Å². The first-order valence-corrected chi connectivity index (χ1v) is 9.90. The minimum absolute atomic E-state index is 0.00384. The standard InChI is InChI=1S/C17H24N2O5S/c1-3-25(23,24)19-10-8-14(9-11-19)16(20)18(2)12-13-4-6-15(7-5-13)17(21)22/h4-7,14H,3,8-12H2,1-2H3,(H,21,22). The van der Waals surface area contributed by atoms with Crippen molar-refractivity contribution in [1.29, 1.82) is 0 Å². The van der Waals surface area contributed by atoms with E-state index < -0.39 is 16.0 Å². The van der Waals surface area contributed by atoms with Crippen molar-refractivity contribution in [1.82, 2.24) is 9.21 Å². The Bertz CT molecular complexity index is 722. The maximum atomic E-state index is 12.6. The molecule has 1 heterocycles. The molecule has 0 unspecified atom stereocenters. The Morgan fingerprint density at radius 2 is 1.76 bits per heavy atom. The SMILES string of the molecule is CCS(=O)(=O)N1CCC(C(=O)N(C)Cc2ccc(C(=O)O)cc2)CC1. The summed E-state index contributed by atoms with van der Waals surface area (Å²) >= 11 is 0. The summed E-state index contributed by atoms with van der Waals surface area (Å²) < 4.78 is 25.2. The van der Waals surface area contributed by atoms with Crippen LogP contribution in [0.15, 0.2) is 24.3 Å². The molecule has 0 radical (unpaired) electrons. The molecule has 1 aromatic rings. The van der Waals surface area contributed by atoms with Crippen LogP contribution in [-0.2, 0) is 21.4 Å². The maximum absolute atomic E-state index is 12.6. The van der Waals surface area contributed by atoms with Crippen LogP contribution < -0.4 is 0 Å². The van der Waals surface area contributed by atoms with Gasteiger partial charge in [-0.1, -0.05) is 12.1 Å². The van der Waals surface area contributed by atoms with Crippen LogP contribution in [0.4, 0.5) is 0 Å². The van der Waals surface area contributed by atoms with Gasteiger partial charge in [0.15, 0.2) is 0 Å². The molecule has 0 spiro atoms. The van der Waals surface area contributed by atoms with Gasteiger partial charge in [-0.05, 0) is 37.5 Å². The van der Waals surface area contributed by atoms with Crippen molar-refractivity contribution in [3.8, 4) is 0 Å². The summed E-state index contributed by atoms with van der Waals surface area (Å²) in [5.74, 6) is -1.08. The predicted octanol–water partition coefficient (Wildman–Crippen LogP) is 1.40. The lowest BCUT2D eigenvalue weighted by molar-refractivity contribution is -0.135. The fourth-order valence-electron chi connectivity index (χ4n) is 2.98. The highest BCUT2D eigenvalue weighted by Crippen LogP contribution is 2.22. The third kappa shape index (κ3) is 4.79. The monoisotopic (exact) mass is 368 g/mol. The van der Waals surface area contributed by atoms with Crippen LogP contribution in [0.3, 0.4) is 0 Å². The van der Waals surface area contributed by atoms with Gasteiger partial charge in [0.05, 0.1) is 11.3 Å². The molecule has 0 bridgehead atoms. The first kappa shape index (κ1) is 19.4. The second-order valence-electron chi connectivity index (χ2n) is 6.27. The number of rotatable bonds is 6. The van der Waals surface area contributed by atoms with Gasteiger partial charge in [-0.3, -0.25) is 4.79 Å². The largest absolute Gasteiger partial charge is 0.478 e. The molecule has 1 aliphatic rings. The fraction of sp³-hybridized carbons (Fsp3) is 0.529. The van der Waals surface area contributed by atoms with Crippen molar-refractivity contribution in [3.63, 3.8) is 0 Å². The van der Waals surface area contributed by atoms with Crippen LogP contribution in [0.1, 0.15) is 35.7 Å². The second-order valence-corrected chi connectivity index (χ2v) is 8.53. The molecule has 0 aliphatic carbocycles. The lowest BCUT2D eigenvalue weighted by atomic mass is 9.96. The second kappa shape index (κ2) is 7.97. The van der Waals surface area contributed by atoms with Gasteiger partial charge in [0.2, 0.25) is 15.9 Å². The average Bonchev–Trinajstić information content (AvgIpc) is 2.61. The molecule has 7 nitrogen and oxygen atoms in total. The molecule has 8 heteroatoms. The maximum Gasteiger partial charge on any atom is 0.335 e. The molecule has 2 rings (SSSR count). The summed E-state index contributed by atoms with van der Waals surface area (Å²) in [5, 5.41) is 8.90. The number of nitrogens with zero attached hydrogens (tertiary/aromatic N) is 2. The molecule has 138 valence electrons. The number of carbonyl (C=O) groups excluding carboxylic acids is 1. The van der Waals surface area contributed by atoms with Crippen molar-refractivity contribution in [2.45, 2.75) is 26.3 Å². The summed E-state index contributed by atoms with van der Waals surface area (Å²) in [7, 11) is -1.48. The van der Waals surface area contributed by atoms with Crippen LogP contribution >= 0.6 is 0 Å². The number of carboxylic acid groups (broad SMARTS) is 1. The Kier molecular flexibility index (Phi) is 6.18. The molecule has 1 saturated heterocycles. The minimum atomic E-state index is -3.19. The van der Waals surface area contributed by atoms with Crippen LogP contribution in [0.5, 0.6) is 0 Å². The number of carboxylic acids is 1. The van der Waals surface area contributed by atoms with Gasteiger partial charge in [-0.2, -0.15) is 0 Å². The van der Waals surface area contributed by atoms with Gasteiger partial charge >= 0.3 is 5.97 Å². The molecular weight excluding hydrogens is 344 g/mol. The lowest BCUT2D eigenvalue weighted by Crippen LogP contribution is -2.43. The average molecular weight is 368 g/mol. The number of piperidine rings is 1. The van der Waals surface area contributed by atoms with Crippen molar-refractivity contribution in [3.05, 3.63) is 35.4 Å². The third-order valence-electron chi connectivity index (χ3n) is 4.56. The zero-order chi connectivity index (χ0) is 18.6. The topological polar surface area (TPSA) is 95.0 Å². The van der Waals surface area contributed by atoms with Gasteiger partial charge in [0.25, 0.3) is 0 Å². The summed E-state index contributed by atoms with van der Waals surface area (Å²) in [5.41, 5.74) is 1.06. The number of benzene rings is 1. The van der Waals surface area contributed by atoms with E-state index in [1.807, 2.05) is 0 Å². The first-order valence-electron chi connectivity index (χ1n) is 8.29. The molecule has 25 heavy (non-hydrogen) atoms. The highest BCUT2D eigenvalue weighted by atomic mass is 32.2. The summed E-state index contributed by atoms with van der Waals surface area (Å²) in [6, 6.07) is 6.43. The Hall–Kier alpha value is -1.93. The van der Waals surface area contributed by atoms with E-state index in [0.717, 1.165) is 5.56 Å². The molecule has 0 aromatic heterocycles. The van der Waals surface area contributed by atoms with E-state index >= 15 is 0 Å². The molecule has 1 aliphatic heterocycles. The third-order valence-corrected chi connectivity index (χ3v) is 6.44. The number of hydrogen-bond donors (Lipinski definition) is 1. The Morgan fingerprint density at radius 3 is 2.24 bits per heavy atom. The van der Waals surface area contributed by atoms with Gasteiger partial charge in [-0.25, -0.2) is 17.5 Å². The molecule has 0 atom stereocenters. The Labute approximate surface area is 148 Å². The Morgan fingerprint density at radius 1 is 1.20 bits per heavy atom. The first-order chi connectivity index (χ1) is 11.7. The highest BCUT2D eigenvalue weighted by molar-refractivity contribution is 7.89. The van der Waals surface area contributed by atoms with E-state index in [0.29, 0.717) is 32.5 Å². The smallest absolute Gasteiger partial charge is 0.335 e. The van der Waals surface area contributed by atoms with E-state index in [-0.39, 0.29) is 23.1 Å². The fourth-order valence-corrected chi connectivity index (χ4v) is 4.11. The normalized spacial score (nSPS) is 16.6. The summed E-state index contributed by atoms with van der Waals surface area (Å²) in [6.07, 6.45) is 1.06. The van der Waals surface area contributed by atoms with E-state index in [1.54, 1.807) is 31.0 Å². The van der Waals surface area contributed by atoms with Crippen molar-refractivity contribution in [2.24, 2.45) is 5.92 Å². The molecule has 0 saturated carbocycles. The van der Waals surface area contributed by atoms with Crippen LogP contribution in [0, 0.1) is 5.92 Å². The van der Waals surface area contributed by atoms with E-state index in [1.165, 1.54) is 16.4 Å². The number of amides is 1. The molecule has 1 fully saturated rings. The number of carbonyl (C=O) groups is 2. The lowest BCUT2D eigenvalue weighted by Gasteiger charge is -2.32. The van der Waals surface area contributed by atoms with Crippen LogP contribution in [0.2, 0.25) is 0 Å². The van der Waals surface area contributed by atoms with Crippen LogP contribution in [-0.4, -0.2) is 60.5 Å².